The van der Waals surface area contributed by atoms with E-state index in [9.17, 15) is 19.4 Å². The average molecular weight is 1070 g/mol. The minimum Gasteiger partial charge on any atom is -0.391 e. The van der Waals surface area contributed by atoms with Crippen LogP contribution in [0.25, 0.3) is 0 Å². The Morgan fingerprint density at radius 3 is 1.16 bits per heavy atom. The molecule has 436 valence electrons. The molecule has 0 aliphatic heterocycles. The molecule has 75 heavy (non-hydrogen) atoms. The fourth-order valence-corrected chi connectivity index (χ4v) is 9.76. The molecule has 0 aromatic rings. The topological polar surface area (TPSA) is 105 Å². The van der Waals surface area contributed by atoms with Crippen molar-refractivity contribution in [3.05, 3.63) is 85.1 Å². The van der Waals surface area contributed by atoms with Gasteiger partial charge >= 0.3 is 7.82 Å². The molecular weight excluding hydrogens is 948 g/mol. The third kappa shape index (κ3) is 59.2. The summed E-state index contributed by atoms with van der Waals surface area (Å²) < 4.78 is 23.8. The fraction of sp³-hybridized carbons (Fsp3) is 0.773. The number of phosphoric ester groups is 1. The number of hydrogen-bond acceptors (Lipinski definition) is 5. The number of aliphatic hydroxyl groups excluding tert-OH is 1. The molecule has 0 bridgehead atoms. The molecule has 3 unspecified atom stereocenters. The number of amides is 1. The highest BCUT2D eigenvalue weighted by Crippen LogP contribution is 2.43. The molecule has 0 aliphatic carbocycles. The third-order valence-electron chi connectivity index (χ3n) is 13.9. The van der Waals surface area contributed by atoms with Crippen molar-refractivity contribution in [1.82, 2.24) is 5.32 Å². The Bertz CT molecular complexity index is 1500. The average Bonchev–Trinajstić information content (AvgIpc) is 3.37. The van der Waals surface area contributed by atoms with Gasteiger partial charge in [-0.05, 0) is 70.6 Å². The van der Waals surface area contributed by atoms with E-state index < -0.39 is 20.0 Å². The molecular formula is C66H122N2O6P+. The van der Waals surface area contributed by atoms with E-state index in [-0.39, 0.29) is 19.1 Å². The van der Waals surface area contributed by atoms with Crippen LogP contribution in [-0.4, -0.2) is 73.4 Å². The number of nitrogens with zero attached hydrogens (tertiary/aromatic N) is 1. The number of aliphatic hydroxyl groups is 1. The third-order valence-corrected chi connectivity index (χ3v) is 14.9. The molecule has 0 heterocycles. The van der Waals surface area contributed by atoms with Crippen molar-refractivity contribution in [2.24, 2.45) is 0 Å². The molecule has 0 fully saturated rings. The molecule has 3 atom stereocenters. The predicted octanol–water partition coefficient (Wildman–Crippen LogP) is 19.6. The first-order valence-electron chi connectivity index (χ1n) is 31.5. The lowest BCUT2D eigenvalue weighted by molar-refractivity contribution is -0.870. The number of quaternary nitrogens is 1. The second kappa shape index (κ2) is 56.4. The van der Waals surface area contributed by atoms with E-state index >= 15 is 0 Å². The van der Waals surface area contributed by atoms with Gasteiger partial charge in [0.25, 0.3) is 0 Å². The zero-order valence-electron chi connectivity index (χ0n) is 49.8. The largest absolute Gasteiger partial charge is 0.472 e. The molecule has 0 saturated carbocycles. The van der Waals surface area contributed by atoms with Crippen molar-refractivity contribution in [1.29, 1.82) is 0 Å². The summed E-state index contributed by atoms with van der Waals surface area (Å²) >= 11 is 0. The fourth-order valence-electron chi connectivity index (χ4n) is 9.03. The smallest absolute Gasteiger partial charge is 0.391 e. The second-order valence-electron chi connectivity index (χ2n) is 22.4. The molecule has 8 nitrogen and oxygen atoms in total. The van der Waals surface area contributed by atoms with Crippen molar-refractivity contribution in [3.8, 4) is 0 Å². The summed E-state index contributed by atoms with van der Waals surface area (Å²) in [5, 5.41) is 14.1. The van der Waals surface area contributed by atoms with Gasteiger partial charge in [0, 0.05) is 6.42 Å². The van der Waals surface area contributed by atoms with Crippen molar-refractivity contribution >= 4 is 13.7 Å². The van der Waals surface area contributed by atoms with E-state index in [0.29, 0.717) is 23.9 Å². The first-order valence-corrected chi connectivity index (χ1v) is 32.9. The lowest BCUT2D eigenvalue weighted by atomic mass is 10.0. The van der Waals surface area contributed by atoms with Crippen LogP contribution < -0.4 is 5.32 Å². The normalized spacial score (nSPS) is 14.4. The number of carbonyl (C=O) groups is 1. The molecule has 0 radical (unpaired) electrons. The summed E-state index contributed by atoms with van der Waals surface area (Å²) in [4.78, 5) is 23.4. The number of unbranched alkanes of at least 4 members (excludes halogenated alkanes) is 30. The number of rotatable bonds is 57. The zero-order chi connectivity index (χ0) is 54.9. The molecule has 0 rings (SSSR count). The summed E-state index contributed by atoms with van der Waals surface area (Å²) in [7, 11) is 1.59. The van der Waals surface area contributed by atoms with Crippen LogP contribution in [-0.2, 0) is 18.4 Å². The van der Waals surface area contributed by atoms with E-state index in [1.54, 1.807) is 0 Å². The number of nitrogens with one attached hydrogen (secondary N) is 1. The van der Waals surface area contributed by atoms with Crippen molar-refractivity contribution in [2.45, 2.75) is 289 Å². The monoisotopic (exact) mass is 1070 g/mol. The van der Waals surface area contributed by atoms with Gasteiger partial charge < -0.3 is 19.8 Å². The van der Waals surface area contributed by atoms with Crippen LogP contribution in [0, 0.1) is 0 Å². The van der Waals surface area contributed by atoms with Gasteiger partial charge in [0.1, 0.15) is 13.2 Å². The maximum atomic E-state index is 13.0. The molecule has 0 aliphatic rings. The maximum absolute atomic E-state index is 13.0. The molecule has 9 heteroatoms. The van der Waals surface area contributed by atoms with Gasteiger partial charge in [0.2, 0.25) is 5.91 Å². The SMILES string of the molecule is CC/C=C\C/C=C\C/C=C\C/C=C\C/C=C\C/C=C\C/C=C\CCCCCC(=O)NC(COP(=O)(O)OCC[N+](C)(C)C)C(O)CCCCCCCCCCCCCCCCCCCCCCCCCCCCCC. The van der Waals surface area contributed by atoms with Gasteiger partial charge in [0.15, 0.2) is 0 Å². The van der Waals surface area contributed by atoms with E-state index in [1.807, 2.05) is 21.1 Å². The summed E-state index contributed by atoms with van der Waals surface area (Å²) in [5.74, 6) is -0.176. The minimum atomic E-state index is -4.34. The van der Waals surface area contributed by atoms with Crippen LogP contribution in [0.4, 0.5) is 0 Å². The zero-order valence-corrected chi connectivity index (χ0v) is 50.7. The Morgan fingerprint density at radius 2 is 0.800 bits per heavy atom. The van der Waals surface area contributed by atoms with E-state index in [2.05, 4.69) is 104 Å². The van der Waals surface area contributed by atoms with E-state index in [4.69, 9.17) is 9.05 Å². The van der Waals surface area contributed by atoms with Crippen LogP contribution in [0.3, 0.4) is 0 Å². The highest BCUT2D eigenvalue weighted by Gasteiger charge is 2.28. The van der Waals surface area contributed by atoms with Gasteiger partial charge in [0.05, 0.1) is 39.9 Å². The van der Waals surface area contributed by atoms with Crippen LogP contribution >= 0.6 is 7.82 Å². The molecule has 0 aromatic heterocycles. The van der Waals surface area contributed by atoms with E-state index in [1.165, 1.54) is 161 Å². The maximum Gasteiger partial charge on any atom is 0.472 e. The summed E-state index contributed by atoms with van der Waals surface area (Å²) in [6.45, 7) is 4.77. The van der Waals surface area contributed by atoms with Crippen LogP contribution in [0.1, 0.15) is 277 Å². The summed E-state index contributed by atoms with van der Waals surface area (Å²) in [5.41, 5.74) is 0. The number of carbonyl (C=O) groups excluding carboxylic acids is 1. The molecule has 0 saturated heterocycles. The molecule has 3 N–H and O–H groups in total. The Morgan fingerprint density at radius 1 is 0.467 bits per heavy atom. The summed E-state index contributed by atoms with van der Waals surface area (Å²) in [6.07, 6.45) is 79.5. The first kappa shape index (κ1) is 72.7. The van der Waals surface area contributed by atoms with Crippen LogP contribution in [0.15, 0.2) is 85.1 Å². The lowest BCUT2D eigenvalue weighted by Crippen LogP contribution is -2.46. The number of likely N-dealkylation sites (N-methyl/N-ethyl adjacent to an activating group) is 1. The highest BCUT2D eigenvalue weighted by atomic mass is 31.2. The lowest BCUT2D eigenvalue weighted by Gasteiger charge is -2.26. The van der Waals surface area contributed by atoms with Gasteiger partial charge in [-0.25, -0.2) is 4.57 Å². The van der Waals surface area contributed by atoms with Crippen LogP contribution in [0.5, 0.6) is 0 Å². The van der Waals surface area contributed by atoms with Crippen LogP contribution in [0.2, 0.25) is 0 Å². The number of allylic oxidation sites excluding steroid dienone is 14. The van der Waals surface area contributed by atoms with E-state index in [0.717, 1.165) is 89.9 Å². The Hall–Kier alpha value is -2.32. The first-order chi connectivity index (χ1) is 36.5. The Kier molecular flexibility index (Phi) is 54.7. The van der Waals surface area contributed by atoms with Gasteiger partial charge in [-0.15, -0.1) is 0 Å². The van der Waals surface area contributed by atoms with Gasteiger partial charge in [-0.1, -0.05) is 285 Å². The van der Waals surface area contributed by atoms with Crippen molar-refractivity contribution < 1.29 is 32.9 Å². The number of hydrogen-bond donors (Lipinski definition) is 3. The molecule has 1 amide bonds. The standard InChI is InChI=1S/C66H121N2O6P/c1-6-8-10-12-14-16-18-20-22-24-26-28-30-32-33-34-36-37-39-41-43-45-47-49-51-53-55-57-59-65(69)64(63-74-75(71,72)73-62-61-68(3,4)5)67-66(70)60-58-56-54-52-50-48-46-44-42-40-38-35-31-29-27-25-23-21-19-17-15-13-11-9-7-2/h9,11,15,17,21,23,27,29,35,38,42,44,48,50,64-65,69H,6-8,10,12-14,16,18-20,22,24-26,28,30-34,36-37,39-41,43,45-47,49,51-63H2,1-5H3,(H-,67,70,71,72)/p+1/b11-9-,17-15-,23-21-,29-27-,38-35-,44-42-,50-48-. The Balaban J connectivity index is 4.19. The van der Waals surface area contributed by atoms with Gasteiger partial charge in [-0.2, -0.15) is 0 Å². The van der Waals surface area contributed by atoms with Gasteiger partial charge in [-0.3, -0.25) is 13.8 Å². The number of phosphoric acid groups is 1. The van der Waals surface area contributed by atoms with Crippen molar-refractivity contribution in [2.75, 3.05) is 40.9 Å². The second-order valence-corrected chi connectivity index (χ2v) is 23.9. The summed E-state index contributed by atoms with van der Waals surface area (Å²) in [6, 6.07) is -0.786. The predicted molar refractivity (Wildman–Crippen MR) is 327 cm³/mol. The molecule has 0 aromatic carbocycles. The minimum absolute atomic E-state index is 0.0637. The Labute approximate surface area is 465 Å². The van der Waals surface area contributed by atoms with Crippen molar-refractivity contribution in [3.63, 3.8) is 0 Å². The molecule has 0 spiro atoms. The highest BCUT2D eigenvalue weighted by molar-refractivity contribution is 7.47. The quantitative estimate of drug-likeness (QED) is 0.0243.